The van der Waals surface area contributed by atoms with Crippen LogP contribution in [0.2, 0.25) is 0 Å². The lowest BCUT2D eigenvalue weighted by Gasteiger charge is -2.22. The summed E-state index contributed by atoms with van der Waals surface area (Å²) in [5.41, 5.74) is 0.779. The second-order valence-corrected chi connectivity index (χ2v) is 5.61. The van der Waals surface area contributed by atoms with E-state index >= 15 is 0 Å². The number of esters is 3. The molecule has 0 amide bonds. The molecule has 25 heavy (non-hydrogen) atoms. The Balaban J connectivity index is 2.46. The number of benzene rings is 1. The molecule has 136 valence electrons. The molecule has 1 aromatic carbocycles. The molecule has 0 unspecified atom stereocenters. The highest BCUT2D eigenvalue weighted by Crippen LogP contribution is 2.39. The average Bonchev–Trinajstić information content (AvgIpc) is 3.03. The minimum atomic E-state index is -1.02. The number of carbonyl (C=O) groups is 3. The van der Waals surface area contributed by atoms with Gasteiger partial charge in [0.2, 0.25) is 0 Å². The Morgan fingerprint density at radius 1 is 0.920 bits per heavy atom. The van der Waals surface area contributed by atoms with Crippen molar-refractivity contribution in [1.82, 2.24) is 5.32 Å². The normalized spacial score (nSPS) is 25.2. The summed E-state index contributed by atoms with van der Waals surface area (Å²) in [5, 5.41) is 3.06. The summed E-state index contributed by atoms with van der Waals surface area (Å²) in [5.74, 6) is -3.69. The van der Waals surface area contributed by atoms with Gasteiger partial charge in [-0.2, -0.15) is 0 Å². The van der Waals surface area contributed by atoms with E-state index in [0.29, 0.717) is 0 Å². The summed E-state index contributed by atoms with van der Waals surface area (Å²) < 4.78 is 15.1. The van der Waals surface area contributed by atoms with Crippen molar-refractivity contribution < 1.29 is 28.6 Å². The molecule has 1 aliphatic heterocycles. The number of ether oxygens (including phenoxy) is 3. The van der Waals surface area contributed by atoms with Gasteiger partial charge in [0.15, 0.2) is 0 Å². The van der Waals surface area contributed by atoms with Gasteiger partial charge in [0.1, 0.15) is 6.04 Å². The molecule has 0 aromatic heterocycles. The molecule has 7 nitrogen and oxygen atoms in total. The zero-order valence-corrected chi connectivity index (χ0v) is 14.6. The third-order valence-electron chi connectivity index (χ3n) is 4.20. The van der Waals surface area contributed by atoms with Gasteiger partial charge in [-0.3, -0.25) is 19.7 Å². The van der Waals surface area contributed by atoms with E-state index < -0.39 is 41.8 Å². The minimum Gasteiger partial charge on any atom is -0.468 e. The maximum Gasteiger partial charge on any atom is 0.323 e. The van der Waals surface area contributed by atoms with E-state index in [0.717, 1.165) is 5.56 Å². The van der Waals surface area contributed by atoms with E-state index in [2.05, 4.69) is 5.32 Å². The third-order valence-corrected chi connectivity index (χ3v) is 4.20. The maximum atomic E-state index is 12.6. The van der Waals surface area contributed by atoms with Crippen molar-refractivity contribution in [2.75, 3.05) is 20.3 Å². The number of nitrogens with one attached hydrogen (secondary N) is 1. The highest BCUT2D eigenvalue weighted by Gasteiger charge is 2.55. The number of hydrogen-bond donors (Lipinski definition) is 1. The Morgan fingerprint density at radius 2 is 1.48 bits per heavy atom. The topological polar surface area (TPSA) is 90.9 Å². The van der Waals surface area contributed by atoms with E-state index in [9.17, 15) is 14.4 Å². The van der Waals surface area contributed by atoms with Crippen molar-refractivity contribution in [2.45, 2.75) is 25.9 Å². The second-order valence-electron chi connectivity index (χ2n) is 5.61. The highest BCUT2D eigenvalue weighted by molar-refractivity contribution is 5.91. The predicted octanol–water partition coefficient (Wildman–Crippen LogP) is 1.23. The lowest BCUT2D eigenvalue weighted by atomic mass is 9.84. The van der Waals surface area contributed by atoms with Crippen molar-refractivity contribution in [3.8, 4) is 0 Å². The van der Waals surface area contributed by atoms with Crippen LogP contribution in [-0.4, -0.2) is 44.3 Å². The molecule has 1 N–H and O–H groups in total. The van der Waals surface area contributed by atoms with Gasteiger partial charge in [0.25, 0.3) is 0 Å². The molecule has 1 fully saturated rings. The molecule has 0 aliphatic carbocycles. The zero-order chi connectivity index (χ0) is 18.4. The van der Waals surface area contributed by atoms with Crippen molar-refractivity contribution in [3.05, 3.63) is 35.9 Å². The molecule has 1 saturated heterocycles. The van der Waals surface area contributed by atoms with Crippen molar-refractivity contribution in [3.63, 3.8) is 0 Å². The van der Waals surface area contributed by atoms with Crippen LogP contribution in [-0.2, 0) is 28.6 Å². The molecule has 0 saturated carbocycles. The lowest BCUT2D eigenvalue weighted by molar-refractivity contribution is -0.162. The molecule has 1 heterocycles. The fraction of sp³-hybridized carbons (Fsp3) is 0.500. The first-order chi connectivity index (χ1) is 12.0. The third kappa shape index (κ3) is 3.99. The molecule has 7 heteroatoms. The summed E-state index contributed by atoms with van der Waals surface area (Å²) in [7, 11) is 1.24. The van der Waals surface area contributed by atoms with Crippen molar-refractivity contribution in [1.29, 1.82) is 0 Å². The smallest absolute Gasteiger partial charge is 0.323 e. The summed E-state index contributed by atoms with van der Waals surface area (Å²) in [6.45, 7) is 3.68. The minimum absolute atomic E-state index is 0.148. The van der Waals surface area contributed by atoms with Crippen LogP contribution in [0.4, 0.5) is 0 Å². The van der Waals surface area contributed by atoms with Crippen LogP contribution in [0, 0.1) is 11.8 Å². The van der Waals surface area contributed by atoms with Crippen LogP contribution < -0.4 is 5.32 Å². The summed E-state index contributed by atoms with van der Waals surface area (Å²) in [4.78, 5) is 37.3. The van der Waals surface area contributed by atoms with Gasteiger partial charge in [-0.15, -0.1) is 0 Å². The van der Waals surface area contributed by atoms with Crippen LogP contribution in [0.25, 0.3) is 0 Å². The van der Waals surface area contributed by atoms with Crippen molar-refractivity contribution >= 4 is 17.9 Å². The number of rotatable bonds is 6. The molecule has 0 radical (unpaired) electrons. The molecular weight excluding hydrogens is 326 g/mol. The second kappa shape index (κ2) is 8.62. The maximum absolute atomic E-state index is 12.6. The highest BCUT2D eigenvalue weighted by atomic mass is 16.5. The predicted molar refractivity (Wildman–Crippen MR) is 88.4 cm³/mol. The molecule has 2 rings (SSSR count). The van der Waals surface area contributed by atoms with Gasteiger partial charge < -0.3 is 14.2 Å². The number of methoxy groups -OCH3 is 1. The zero-order valence-electron chi connectivity index (χ0n) is 14.6. The number of hydrogen-bond acceptors (Lipinski definition) is 7. The van der Waals surface area contributed by atoms with E-state index in [-0.39, 0.29) is 13.2 Å². The standard InChI is InChI=1S/C18H23NO6/c1-4-24-16(20)12-13(17(21)25-5-2)15(18(22)23-3)19-14(12)11-9-7-6-8-10-11/h6-10,12-15,19H,4-5H2,1-3H3/t12-,13+,14+,15+/m0/s1. The van der Waals surface area contributed by atoms with Gasteiger partial charge in [-0.05, 0) is 19.4 Å². The summed E-state index contributed by atoms with van der Waals surface area (Å²) >= 11 is 0. The van der Waals surface area contributed by atoms with Crippen molar-refractivity contribution in [2.24, 2.45) is 11.8 Å². The van der Waals surface area contributed by atoms with E-state index in [1.54, 1.807) is 13.8 Å². The van der Waals surface area contributed by atoms with Gasteiger partial charge in [0.05, 0.1) is 32.2 Å². The Hall–Kier alpha value is -2.41. The Kier molecular flexibility index (Phi) is 6.52. The van der Waals surface area contributed by atoms with Crippen LogP contribution in [0.15, 0.2) is 30.3 Å². The fourth-order valence-corrected chi connectivity index (χ4v) is 3.16. The van der Waals surface area contributed by atoms with Gasteiger partial charge >= 0.3 is 17.9 Å². The quantitative estimate of drug-likeness (QED) is 0.610. The van der Waals surface area contributed by atoms with Crippen LogP contribution in [0.3, 0.4) is 0 Å². The van der Waals surface area contributed by atoms with E-state index in [1.807, 2.05) is 30.3 Å². The molecule has 0 spiro atoms. The Bertz CT molecular complexity index is 617. The van der Waals surface area contributed by atoms with Gasteiger partial charge in [-0.1, -0.05) is 30.3 Å². The fourth-order valence-electron chi connectivity index (χ4n) is 3.16. The van der Waals surface area contributed by atoms with E-state index in [1.165, 1.54) is 7.11 Å². The van der Waals surface area contributed by atoms with E-state index in [4.69, 9.17) is 14.2 Å². The summed E-state index contributed by atoms with van der Waals surface area (Å²) in [6, 6.07) is 7.60. The molecule has 1 aliphatic rings. The molecule has 4 atom stereocenters. The first-order valence-electron chi connectivity index (χ1n) is 8.27. The molecule has 0 bridgehead atoms. The lowest BCUT2D eigenvalue weighted by Crippen LogP contribution is -2.42. The van der Waals surface area contributed by atoms with Crippen LogP contribution in [0.1, 0.15) is 25.5 Å². The first-order valence-corrected chi connectivity index (χ1v) is 8.27. The van der Waals surface area contributed by atoms with Gasteiger partial charge in [-0.25, -0.2) is 0 Å². The largest absolute Gasteiger partial charge is 0.468 e. The molecular formula is C18H23NO6. The average molecular weight is 349 g/mol. The van der Waals surface area contributed by atoms with Gasteiger partial charge in [0, 0.05) is 6.04 Å². The number of carbonyl (C=O) groups excluding carboxylic acids is 3. The van der Waals surface area contributed by atoms with Crippen LogP contribution in [0.5, 0.6) is 0 Å². The Labute approximate surface area is 146 Å². The Morgan fingerprint density at radius 3 is 2.00 bits per heavy atom. The SMILES string of the molecule is CCOC(=O)[C@@H]1[C@H](C(=O)OCC)[C@@H](c2ccccc2)N[C@H]1C(=O)OC. The monoisotopic (exact) mass is 349 g/mol. The molecule has 1 aromatic rings. The summed E-state index contributed by atoms with van der Waals surface area (Å²) in [6.07, 6.45) is 0. The first kappa shape index (κ1) is 18.9. The van der Waals surface area contributed by atoms with Crippen LogP contribution >= 0.6 is 0 Å².